The summed E-state index contributed by atoms with van der Waals surface area (Å²) in [4.78, 5) is 85.1. The number of carboxylic acid groups (broad SMARTS) is 1. The van der Waals surface area contributed by atoms with Crippen LogP contribution in [-0.2, 0) is 40.0 Å². The second-order valence-electron chi connectivity index (χ2n) is 9.23. The average molecular weight is 612 g/mol. The van der Waals surface area contributed by atoms with Gasteiger partial charge in [0.1, 0.15) is 30.4 Å². The van der Waals surface area contributed by atoms with Gasteiger partial charge in [-0.1, -0.05) is 12.1 Å². The van der Waals surface area contributed by atoms with Crippen molar-refractivity contribution in [1.29, 1.82) is 0 Å². The van der Waals surface area contributed by atoms with Crippen LogP contribution in [0.15, 0.2) is 24.3 Å². The Morgan fingerprint density at radius 1 is 0.810 bits per heavy atom. The van der Waals surface area contributed by atoms with E-state index in [1.54, 1.807) is 6.26 Å². The number of phenols is 1. The molecular formula is C25H37N7O9S. The summed E-state index contributed by atoms with van der Waals surface area (Å²) in [6, 6.07) is 0.523. The van der Waals surface area contributed by atoms with Crippen molar-refractivity contribution in [3.05, 3.63) is 29.8 Å². The maximum atomic E-state index is 13.3. The van der Waals surface area contributed by atoms with Crippen LogP contribution in [0.5, 0.6) is 5.75 Å². The molecule has 6 amide bonds. The highest BCUT2D eigenvalue weighted by Crippen LogP contribution is 2.12. The molecule has 16 nitrogen and oxygen atoms in total. The highest BCUT2D eigenvalue weighted by Gasteiger charge is 2.31. The largest absolute Gasteiger partial charge is 0.508 e. The number of carbonyl (C=O) groups is 7. The summed E-state index contributed by atoms with van der Waals surface area (Å²) in [5.41, 5.74) is 16.6. The van der Waals surface area contributed by atoms with Crippen molar-refractivity contribution >= 4 is 53.2 Å². The van der Waals surface area contributed by atoms with Crippen LogP contribution in [0.4, 0.5) is 0 Å². The van der Waals surface area contributed by atoms with E-state index < -0.39 is 78.5 Å². The van der Waals surface area contributed by atoms with Gasteiger partial charge in [-0.3, -0.25) is 33.6 Å². The molecule has 0 spiro atoms. The molecule has 17 heteroatoms. The molecule has 0 aliphatic heterocycles. The topological polar surface area (TPSA) is 286 Å². The SMILES string of the molecule is CSCCC(NC(=O)C(N)CCC(N)=O)C(=O)NC(Cc1ccc(O)cc1)C(=O)NC(CC(N)=O)C(=O)NCC(=O)O. The molecule has 0 aliphatic rings. The minimum absolute atomic E-state index is 0.0465. The third kappa shape index (κ3) is 13.8. The van der Waals surface area contributed by atoms with Crippen LogP contribution in [-0.4, -0.2) is 94.3 Å². The fraction of sp³-hybridized carbons (Fsp3) is 0.480. The molecule has 0 saturated heterocycles. The lowest BCUT2D eigenvalue weighted by atomic mass is 10.0. The van der Waals surface area contributed by atoms with Gasteiger partial charge in [0.2, 0.25) is 35.4 Å². The van der Waals surface area contributed by atoms with Crippen molar-refractivity contribution in [3.8, 4) is 5.75 Å². The van der Waals surface area contributed by atoms with E-state index >= 15 is 0 Å². The number of amides is 6. The van der Waals surface area contributed by atoms with Gasteiger partial charge in [-0.25, -0.2) is 0 Å². The molecule has 4 unspecified atom stereocenters. The van der Waals surface area contributed by atoms with Crippen molar-refractivity contribution in [2.24, 2.45) is 17.2 Å². The number of rotatable bonds is 19. The smallest absolute Gasteiger partial charge is 0.322 e. The van der Waals surface area contributed by atoms with Crippen molar-refractivity contribution < 1.29 is 43.8 Å². The molecule has 1 aromatic rings. The van der Waals surface area contributed by atoms with Crippen LogP contribution in [0, 0.1) is 0 Å². The van der Waals surface area contributed by atoms with Crippen LogP contribution in [0.3, 0.4) is 0 Å². The quantitative estimate of drug-likeness (QED) is 0.0751. The number of primary amides is 2. The third-order valence-electron chi connectivity index (χ3n) is 5.74. The molecule has 0 saturated carbocycles. The normalized spacial score (nSPS) is 13.5. The van der Waals surface area contributed by atoms with E-state index in [-0.39, 0.29) is 31.4 Å². The van der Waals surface area contributed by atoms with Crippen LogP contribution in [0.25, 0.3) is 0 Å². The number of hydrogen-bond acceptors (Lipinski definition) is 10. The maximum Gasteiger partial charge on any atom is 0.322 e. The first-order valence-electron chi connectivity index (χ1n) is 12.7. The predicted molar refractivity (Wildman–Crippen MR) is 151 cm³/mol. The van der Waals surface area contributed by atoms with Gasteiger partial charge in [0, 0.05) is 12.8 Å². The molecule has 4 atom stereocenters. The molecule has 1 rings (SSSR count). The molecule has 0 fully saturated rings. The Morgan fingerprint density at radius 2 is 1.38 bits per heavy atom. The molecule has 42 heavy (non-hydrogen) atoms. The number of phenolic OH excluding ortho intramolecular Hbond substituents is 1. The molecule has 0 bridgehead atoms. The number of aromatic hydroxyl groups is 1. The summed E-state index contributed by atoms with van der Waals surface area (Å²) >= 11 is 1.39. The number of aliphatic carboxylic acids is 1. The van der Waals surface area contributed by atoms with Gasteiger partial charge in [-0.2, -0.15) is 11.8 Å². The van der Waals surface area contributed by atoms with Gasteiger partial charge in [-0.05, 0) is 42.5 Å². The predicted octanol–water partition coefficient (Wildman–Crippen LogP) is -3.19. The number of thioether (sulfide) groups is 1. The van der Waals surface area contributed by atoms with Crippen LogP contribution in [0.2, 0.25) is 0 Å². The van der Waals surface area contributed by atoms with E-state index in [0.29, 0.717) is 11.3 Å². The number of hydrogen-bond donors (Lipinski definition) is 9. The second-order valence-corrected chi connectivity index (χ2v) is 10.2. The highest BCUT2D eigenvalue weighted by atomic mass is 32.2. The fourth-order valence-corrected chi connectivity index (χ4v) is 4.00. The van der Waals surface area contributed by atoms with Gasteiger partial charge in [0.25, 0.3) is 0 Å². The van der Waals surface area contributed by atoms with Crippen LogP contribution in [0.1, 0.15) is 31.2 Å². The van der Waals surface area contributed by atoms with E-state index in [1.165, 1.54) is 36.0 Å². The number of carboxylic acids is 1. The molecule has 1 aromatic carbocycles. The number of nitrogens with one attached hydrogen (secondary N) is 4. The zero-order valence-electron chi connectivity index (χ0n) is 23.0. The van der Waals surface area contributed by atoms with Gasteiger partial charge in [0.05, 0.1) is 12.5 Å². The Labute approximate surface area is 245 Å². The second kappa shape index (κ2) is 18.1. The maximum absolute atomic E-state index is 13.3. The van der Waals surface area contributed by atoms with E-state index in [1.807, 2.05) is 0 Å². The molecule has 12 N–H and O–H groups in total. The Hall–Kier alpha value is -4.38. The fourth-order valence-electron chi connectivity index (χ4n) is 3.53. The van der Waals surface area contributed by atoms with E-state index in [2.05, 4.69) is 21.3 Å². The molecule has 0 heterocycles. The highest BCUT2D eigenvalue weighted by molar-refractivity contribution is 7.98. The van der Waals surface area contributed by atoms with Gasteiger partial charge in [0.15, 0.2) is 0 Å². The van der Waals surface area contributed by atoms with E-state index in [4.69, 9.17) is 22.3 Å². The van der Waals surface area contributed by atoms with Crippen LogP contribution < -0.4 is 38.5 Å². The van der Waals surface area contributed by atoms with Gasteiger partial charge in [-0.15, -0.1) is 0 Å². The standard InChI is InChI=1S/C25H37N7O9S/c1-42-9-8-16(30-22(38)15(26)6-7-19(27)34)24(40)31-17(10-13-2-4-14(33)5-3-13)25(41)32-18(11-20(28)35)23(39)29-12-21(36)37/h2-5,15-18,33H,6-12,26H2,1H3,(H2,27,34)(H2,28,35)(H,29,39)(H,30,38)(H,31,40)(H,32,41)(H,36,37). The summed E-state index contributed by atoms with van der Waals surface area (Å²) < 4.78 is 0. The molecule has 0 radical (unpaired) electrons. The lowest BCUT2D eigenvalue weighted by molar-refractivity contribution is -0.138. The van der Waals surface area contributed by atoms with Gasteiger partial charge >= 0.3 is 5.97 Å². The molecular weight excluding hydrogens is 574 g/mol. The molecule has 0 aromatic heterocycles. The summed E-state index contributed by atoms with van der Waals surface area (Å²) in [7, 11) is 0. The first-order chi connectivity index (χ1) is 19.7. The monoisotopic (exact) mass is 611 g/mol. The Morgan fingerprint density at radius 3 is 1.93 bits per heavy atom. The first kappa shape index (κ1) is 35.6. The van der Waals surface area contributed by atoms with Crippen molar-refractivity contribution in [2.45, 2.75) is 56.3 Å². The Kier molecular flexibility index (Phi) is 15.4. The molecule has 232 valence electrons. The minimum atomic E-state index is -1.55. The first-order valence-corrected chi connectivity index (χ1v) is 14.1. The summed E-state index contributed by atoms with van der Waals surface area (Å²) in [5.74, 6) is -5.97. The summed E-state index contributed by atoms with van der Waals surface area (Å²) in [6.45, 7) is -0.782. The third-order valence-corrected chi connectivity index (χ3v) is 6.39. The number of nitrogens with two attached hydrogens (primary N) is 3. The Balaban J connectivity index is 3.21. The minimum Gasteiger partial charge on any atom is -0.508 e. The average Bonchev–Trinajstić information content (AvgIpc) is 2.92. The number of benzene rings is 1. The van der Waals surface area contributed by atoms with Crippen LogP contribution >= 0.6 is 11.8 Å². The van der Waals surface area contributed by atoms with Gasteiger partial charge < -0.3 is 48.7 Å². The van der Waals surface area contributed by atoms with Crippen molar-refractivity contribution in [1.82, 2.24) is 21.3 Å². The lowest BCUT2D eigenvalue weighted by Crippen LogP contribution is -2.58. The molecule has 0 aliphatic carbocycles. The summed E-state index contributed by atoms with van der Waals surface area (Å²) in [6.07, 6.45) is 0.945. The zero-order valence-corrected chi connectivity index (χ0v) is 23.8. The number of carbonyl (C=O) groups excluding carboxylic acids is 6. The zero-order chi connectivity index (χ0) is 31.8. The lowest BCUT2D eigenvalue weighted by Gasteiger charge is -2.25. The van der Waals surface area contributed by atoms with Crippen molar-refractivity contribution in [3.63, 3.8) is 0 Å². The van der Waals surface area contributed by atoms with E-state index in [9.17, 15) is 38.7 Å². The van der Waals surface area contributed by atoms with Crippen molar-refractivity contribution in [2.75, 3.05) is 18.6 Å². The van der Waals surface area contributed by atoms with E-state index in [0.717, 1.165) is 0 Å². The Bertz CT molecular complexity index is 1130. The summed E-state index contributed by atoms with van der Waals surface area (Å²) in [5, 5.41) is 27.8.